The van der Waals surface area contributed by atoms with Crippen LogP contribution in [0.4, 0.5) is 17.3 Å². The van der Waals surface area contributed by atoms with E-state index in [9.17, 15) is 5.11 Å². The molecular weight excluding hydrogens is 571 g/mol. The van der Waals surface area contributed by atoms with Gasteiger partial charge in [-0.3, -0.25) is 0 Å². The van der Waals surface area contributed by atoms with Gasteiger partial charge in [-0.2, -0.15) is 0 Å². The summed E-state index contributed by atoms with van der Waals surface area (Å²) in [7, 11) is 0. The van der Waals surface area contributed by atoms with Gasteiger partial charge in [0.2, 0.25) is 11.6 Å². The fourth-order valence-corrected chi connectivity index (χ4v) is 6.48. The average Bonchev–Trinajstić information content (AvgIpc) is 3.28. The first-order valence-corrected chi connectivity index (χ1v) is 13.6. The van der Waals surface area contributed by atoms with Crippen molar-refractivity contribution in [1.29, 1.82) is 0 Å². The van der Waals surface area contributed by atoms with Gasteiger partial charge in [-0.25, -0.2) is 14.8 Å². The summed E-state index contributed by atoms with van der Waals surface area (Å²) in [6.07, 6.45) is 1.80. The quantitative estimate of drug-likeness (QED) is 0.146. The van der Waals surface area contributed by atoms with E-state index < -0.39 is 0 Å². The third-order valence-electron chi connectivity index (χ3n) is 5.60. The van der Waals surface area contributed by atoms with Crippen LogP contribution in [-0.2, 0) is 24.3 Å². The van der Waals surface area contributed by atoms with E-state index >= 15 is 0 Å². The zero-order valence-electron chi connectivity index (χ0n) is 20.2. The Morgan fingerprint density at radius 1 is 1.05 bits per heavy atom. The Morgan fingerprint density at radius 2 is 1.82 bits per heavy atom. The Kier molecular flexibility index (Phi) is 9.16. The number of hydrogen-bond acceptors (Lipinski definition) is 6. The number of aromatic hydroxyl groups is 1. The first-order chi connectivity index (χ1) is 18.0. The minimum Gasteiger partial charge on any atom is -0.508 e. The second-order valence-corrected chi connectivity index (χ2v) is 10.9. The van der Waals surface area contributed by atoms with Gasteiger partial charge in [0.25, 0.3) is 0 Å². The molecule has 2 N–H and O–H groups in total. The average molecular weight is 592 g/mol. The van der Waals surface area contributed by atoms with Crippen molar-refractivity contribution < 1.29 is 23.7 Å². The van der Waals surface area contributed by atoms with Gasteiger partial charge in [-0.05, 0) is 60.0 Å². The van der Waals surface area contributed by atoms with E-state index in [0.717, 1.165) is 42.7 Å². The Bertz CT molecular complexity index is 1600. The number of rotatable bonds is 7. The number of thioether (sulfide) groups is 1. The standard InChI is InChI=1S/C29H21ClN4OS2.V/c1-18-16-32-29(33-22-9-4-3-5-10-22)34-25(18)27-24(20-7-6-8-21(30)15-20)26(31-2)28(37-27)36-17-19-11-13-23(35)14-12-19;/h3-16,35H,17H2,1H3,(H,32,33,34);. The van der Waals surface area contributed by atoms with E-state index in [4.69, 9.17) is 23.2 Å². The van der Waals surface area contributed by atoms with Crippen molar-refractivity contribution in [1.82, 2.24) is 9.97 Å². The Hall–Kier alpha value is -3.25. The van der Waals surface area contributed by atoms with Gasteiger partial charge >= 0.3 is 0 Å². The van der Waals surface area contributed by atoms with Crippen LogP contribution in [0.25, 0.3) is 26.5 Å². The molecule has 0 bridgehead atoms. The largest absolute Gasteiger partial charge is 0.508 e. The minimum absolute atomic E-state index is 0. The summed E-state index contributed by atoms with van der Waals surface area (Å²) >= 11 is 9.52. The zero-order chi connectivity index (χ0) is 25.8. The Morgan fingerprint density at radius 3 is 2.53 bits per heavy atom. The molecule has 0 amide bonds. The molecule has 2 aromatic heterocycles. The molecule has 38 heavy (non-hydrogen) atoms. The van der Waals surface area contributed by atoms with Crippen LogP contribution in [-0.4, -0.2) is 15.1 Å². The van der Waals surface area contributed by atoms with Crippen molar-refractivity contribution in [2.75, 3.05) is 5.32 Å². The van der Waals surface area contributed by atoms with E-state index in [2.05, 4.69) is 15.1 Å². The molecule has 1 radical (unpaired) electrons. The maximum Gasteiger partial charge on any atom is 0.227 e. The molecule has 3 aromatic carbocycles. The van der Waals surface area contributed by atoms with Crippen molar-refractivity contribution in [3.8, 4) is 27.4 Å². The molecule has 5 rings (SSSR count). The summed E-state index contributed by atoms with van der Waals surface area (Å²) in [4.78, 5) is 14.2. The van der Waals surface area contributed by atoms with Gasteiger partial charge < -0.3 is 10.4 Å². The normalized spacial score (nSPS) is 10.4. The molecule has 0 unspecified atom stereocenters. The van der Waals surface area contributed by atoms with E-state index in [1.807, 2.05) is 73.7 Å². The third-order valence-corrected chi connectivity index (χ3v) is 8.35. The Labute approximate surface area is 246 Å². The minimum atomic E-state index is 0. The number of nitrogens with zero attached hydrogens (tertiary/aromatic N) is 3. The van der Waals surface area contributed by atoms with Crippen LogP contribution in [0.15, 0.2) is 89.3 Å². The molecule has 2 heterocycles. The van der Waals surface area contributed by atoms with E-state index in [-0.39, 0.29) is 24.3 Å². The summed E-state index contributed by atoms with van der Waals surface area (Å²) < 4.78 is 0.906. The number of phenols is 1. The molecule has 9 heteroatoms. The predicted octanol–water partition coefficient (Wildman–Crippen LogP) is 9.12. The number of nitrogens with one attached hydrogen (secondary N) is 1. The number of phenolic OH excluding ortho intramolecular Hbond substituents is 1. The number of benzene rings is 3. The van der Waals surface area contributed by atoms with Gasteiger partial charge in [0.15, 0.2) is 0 Å². The molecule has 0 saturated heterocycles. The molecule has 5 aromatic rings. The topological polar surface area (TPSA) is 62.4 Å². The molecule has 0 aliphatic heterocycles. The number of para-hydroxylation sites is 1. The molecule has 0 aliphatic rings. The van der Waals surface area contributed by atoms with E-state index in [1.165, 1.54) is 0 Å². The fourth-order valence-electron chi connectivity index (χ4n) is 3.80. The maximum absolute atomic E-state index is 9.61. The monoisotopic (exact) mass is 591 g/mol. The van der Waals surface area contributed by atoms with Gasteiger partial charge in [-0.1, -0.05) is 54.1 Å². The second-order valence-electron chi connectivity index (χ2n) is 8.24. The number of thiophene rings is 1. The van der Waals surface area contributed by atoms with Crippen LogP contribution in [0.3, 0.4) is 0 Å². The van der Waals surface area contributed by atoms with Gasteiger partial charge in [0, 0.05) is 46.8 Å². The number of hydrogen-bond donors (Lipinski definition) is 2. The predicted molar refractivity (Wildman–Crippen MR) is 154 cm³/mol. The molecule has 0 atom stereocenters. The summed E-state index contributed by atoms with van der Waals surface area (Å²) in [5, 5.41) is 13.5. The molecule has 5 nitrogen and oxygen atoms in total. The van der Waals surface area contributed by atoms with Gasteiger partial charge in [0.05, 0.1) is 21.4 Å². The van der Waals surface area contributed by atoms with Crippen molar-refractivity contribution >= 4 is 52.0 Å². The van der Waals surface area contributed by atoms with Crippen molar-refractivity contribution in [2.24, 2.45) is 0 Å². The van der Waals surface area contributed by atoms with Gasteiger partial charge in [-0.15, -0.1) is 23.1 Å². The summed E-state index contributed by atoms with van der Waals surface area (Å²) in [6, 6.07) is 24.5. The van der Waals surface area contributed by atoms with Gasteiger partial charge in [0.1, 0.15) is 5.75 Å². The van der Waals surface area contributed by atoms with Crippen LogP contribution in [0.2, 0.25) is 5.02 Å². The van der Waals surface area contributed by atoms with Crippen LogP contribution in [0, 0.1) is 13.5 Å². The van der Waals surface area contributed by atoms with Crippen LogP contribution >= 0.6 is 34.7 Å². The molecule has 187 valence electrons. The summed E-state index contributed by atoms with van der Waals surface area (Å²) in [6.45, 7) is 10.0. The first kappa shape index (κ1) is 27.8. The molecule has 0 saturated carbocycles. The van der Waals surface area contributed by atoms with Crippen molar-refractivity contribution in [3.05, 3.63) is 113 Å². The third kappa shape index (κ3) is 6.24. The Balaban J connectivity index is 0.00000336. The number of aryl methyl sites for hydroxylation is 1. The van der Waals surface area contributed by atoms with Crippen LogP contribution in [0.5, 0.6) is 5.75 Å². The van der Waals surface area contributed by atoms with Crippen LogP contribution in [0.1, 0.15) is 11.1 Å². The number of anilines is 2. The maximum atomic E-state index is 9.61. The number of aromatic nitrogens is 2. The summed E-state index contributed by atoms with van der Waals surface area (Å²) in [5.74, 6) is 1.39. The van der Waals surface area contributed by atoms with Crippen molar-refractivity contribution in [2.45, 2.75) is 16.9 Å². The molecule has 0 fully saturated rings. The zero-order valence-corrected chi connectivity index (χ0v) is 24.0. The molecule has 0 aliphatic carbocycles. The first-order valence-electron chi connectivity index (χ1n) is 11.4. The SMILES string of the molecule is [C-]#[N+]c1c(SCc2ccc(O)cc2)sc(-c2nc(Nc3ccccc3)ncc2C)c1-c1cccc(Cl)c1.[V]. The smallest absolute Gasteiger partial charge is 0.227 e. The molecular formula is C29H21ClN4OS2V. The number of halogens is 1. The van der Waals surface area contributed by atoms with Crippen LogP contribution < -0.4 is 5.32 Å². The fraction of sp³-hybridized carbons (Fsp3) is 0.0690. The van der Waals surface area contributed by atoms with Crippen molar-refractivity contribution in [3.63, 3.8) is 0 Å². The molecule has 0 spiro atoms. The van der Waals surface area contributed by atoms with E-state index in [1.54, 1.807) is 41.4 Å². The summed E-state index contributed by atoms with van der Waals surface area (Å²) in [5.41, 5.74) is 5.92. The van der Waals surface area contributed by atoms with E-state index in [0.29, 0.717) is 22.4 Å². The second kappa shape index (κ2) is 12.5.